The zero-order valence-electron chi connectivity index (χ0n) is 18.1. The summed E-state index contributed by atoms with van der Waals surface area (Å²) in [5, 5.41) is 10.3. The van der Waals surface area contributed by atoms with Gasteiger partial charge < -0.3 is 20.3 Å². The maximum Gasteiger partial charge on any atom is 0.255 e. The van der Waals surface area contributed by atoms with Crippen molar-refractivity contribution in [3.8, 4) is 5.75 Å². The van der Waals surface area contributed by atoms with E-state index in [0.29, 0.717) is 13.2 Å². The monoisotopic (exact) mass is 408 g/mol. The number of hydrogen-bond donors (Lipinski definition) is 3. The Kier molecular flexibility index (Phi) is 6.09. The van der Waals surface area contributed by atoms with E-state index in [4.69, 9.17) is 4.74 Å². The van der Waals surface area contributed by atoms with Crippen molar-refractivity contribution in [1.82, 2.24) is 20.9 Å². The van der Waals surface area contributed by atoms with Crippen LogP contribution in [0.25, 0.3) is 0 Å². The van der Waals surface area contributed by atoms with E-state index in [1.807, 2.05) is 23.1 Å². The summed E-state index contributed by atoms with van der Waals surface area (Å²) in [6.45, 7) is 11.0. The number of piperazine rings is 1. The van der Waals surface area contributed by atoms with Gasteiger partial charge in [-0.15, -0.1) is 0 Å². The number of hydrogen-bond acceptors (Lipinski definition) is 5. The van der Waals surface area contributed by atoms with Gasteiger partial charge in [-0.3, -0.25) is 10.1 Å². The number of amides is 1. The lowest BCUT2D eigenvalue weighted by atomic mass is 10.1. The number of ether oxygens (including phenoxy) is 1. The van der Waals surface area contributed by atoms with Crippen molar-refractivity contribution in [2.75, 3.05) is 19.6 Å². The maximum absolute atomic E-state index is 12.9. The molecule has 1 amide bonds. The predicted molar refractivity (Wildman–Crippen MR) is 118 cm³/mol. The minimum absolute atomic E-state index is 0.0285. The van der Waals surface area contributed by atoms with Crippen molar-refractivity contribution in [3.05, 3.63) is 64.7 Å². The van der Waals surface area contributed by atoms with E-state index >= 15 is 0 Å². The molecule has 6 heteroatoms. The number of carbonyl (C=O) groups is 1. The molecule has 2 aliphatic heterocycles. The molecule has 1 saturated heterocycles. The molecule has 1 fully saturated rings. The van der Waals surface area contributed by atoms with Gasteiger partial charge >= 0.3 is 0 Å². The van der Waals surface area contributed by atoms with Crippen molar-refractivity contribution >= 4 is 5.91 Å². The van der Waals surface area contributed by atoms with E-state index in [1.165, 1.54) is 5.56 Å². The van der Waals surface area contributed by atoms with Crippen LogP contribution in [0.2, 0.25) is 0 Å². The first-order chi connectivity index (χ1) is 14.4. The number of benzene rings is 2. The Bertz CT molecular complexity index is 883. The van der Waals surface area contributed by atoms with Crippen LogP contribution in [0.15, 0.2) is 42.5 Å². The largest absolute Gasteiger partial charge is 0.489 e. The van der Waals surface area contributed by atoms with Crippen molar-refractivity contribution in [1.29, 1.82) is 0 Å². The fraction of sp³-hybridized carbons (Fsp3) is 0.458. The van der Waals surface area contributed by atoms with E-state index in [1.54, 1.807) is 0 Å². The number of rotatable bonds is 6. The van der Waals surface area contributed by atoms with Gasteiger partial charge in [0.15, 0.2) is 0 Å². The second kappa shape index (κ2) is 8.76. The van der Waals surface area contributed by atoms with Crippen LogP contribution in [-0.4, -0.2) is 42.1 Å². The second-order valence-electron chi connectivity index (χ2n) is 9.10. The standard InChI is InChI=1S/C24H32N4O2/c1-24(2,3)27-13-17-7-9-18(10-8-17)16-30-21-6-4-5-19-20(21)15-28(23(19)29)22-14-25-11-12-26-22/h4-10,22,25-27H,11-16H2,1-3H3. The van der Waals surface area contributed by atoms with Gasteiger partial charge in [0.2, 0.25) is 0 Å². The van der Waals surface area contributed by atoms with Gasteiger partial charge in [0, 0.05) is 42.8 Å². The first kappa shape index (κ1) is 20.8. The van der Waals surface area contributed by atoms with Gasteiger partial charge in [0.25, 0.3) is 5.91 Å². The Morgan fingerprint density at radius 2 is 1.87 bits per heavy atom. The number of nitrogens with zero attached hydrogens (tertiary/aromatic N) is 1. The summed E-state index contributed by atoms with van der Waals surface area (Å²) in [6, 6.07) is 14.3. The van der Waals surface area contributed by atoms with Crippen LogP contribution in [0.4, 0.5) is 0 Å². The third kappa shape index (κ3) is 4.83. The summed E-state index contributed by atoms with van der Waals surface area (Å²) in [5.74, 6) is 0.873. The van der Waals surface area contributed by atoms with Crippen LogP contribution in [0.5, 0.6) is 5.75 Å². The third-order valence-electron chi connectivity index (χ3n) is 5.59. The van der Waals surface area contributed by atoms with E-state index < -0.39 is 0 Å². The smallest absolute Gasteiger partial charge is 0.255 e. The highest BCUT2D eigenvalue weighted by Gasteiger charge is 2.35. The summed E-state index contributed by atoms with van der Waals surface area (Å²) in [5.41, 5.74) is 4.21. The van der Waals surface area contributed by atoms with Gasteiger partial charge in [-0.05, 0) is 44.0 Å². The molecule has 2 heterocycles. The molecule has 4 rings (SSSR count). The Labute approximate surface area is 179 Å². The molecule has 2 aliphatic rings. The summed E-state index contributed by atoms with van der Waals surface area (Å²) >= 11 is 0. The van der Waals surface area contributed by atoms with E-state index in [-0.39, 0.29) is 17.6 Å². The molecule has 0 spiro atoms. The van der Waals surface area contributed by atoms with Crippen molar-refractivity contribution in [2.45, 2.75) is 52.2 Å². The summed E-state index contributed by atoms with van der Waals surface area (Å²) in [6.07, 6.45) is 0.0285. The normalized spacial score (nSPS) is 19.1. The van der Waals surface area contributed by atoms with Crippen molar-refractivity contribution in [3.63, 3.8) is 0 Å². The lowest BCUT2D eigenvalue weighted by Gasteiger charge is -2.32. The van der Waals surface area contributed by atoms with Crippen LogP contribution in [-0.2, 0) is 19.7 Å². The van der Waals surface area contributed by atoms with E-state index in [9.17, 15) is 4.79 Å². The first-order valence-corrected chi connectivity index (χ1v) is 10.7. The van der Waals surface area contributed by atoms with E-state index in [2.05, 4.69) is 61.0 Å². The minimum Gasteiger partial charge on any atom is -0.489 e. The lowest BCUT2D eigenvalue weighted by molar-refractivity contribution is 0.0645. The predicted octanol–water partition coefficient (Wildman–Crippen LogP) is 2.63. The van der Waals surface area contributed by atoms with Crippen molar-refractivity contribution in [2.24, 2.45) is 0 Å². The average Bonchev–Trinajstić information content (AvgIpc) is 3.09. The third-order valence-corrected chi connectivity index (χ3v) is 5.59. The molecule has 30 heavy (non-hydrogen) atoms. The fourth-order valence-corrected chi connectivity index (χ4v) is 3.85. The Balaban J connectivity index is 1.39. The molecule has 2 aromatic carbocycles. The van der Waals surface area contributed by atoms with Gasteiger partial charge in [-0.1, -0.05) is 30.3 Å². The summed E-state index contributed by atoms with van der Waals surface area (Å²) in [4.78, 5) is 14.8. The molecule has 0 radical (unpaired) electrons. The van der Waals surface area contributed by atoms with Crippen LogP contribution in [0.1, 0.15) is 47.8 Å². The molecule has 0 aliphatic carbocycles. The molecule has 3 N–H and O–H groups in total. The first-order valence-electron chi connectivity index (χ1n) is 10.7. The zero-order valence-corrected chi connectivity index (χ0v) is 18.1. The van der Waals surface area contributed by atoms with Crippen LogP contribution < -0.4 is 20.7 Å². The topological polar surface area (TPSA) is 65.6 Å². The molecular formula is C24H32N4O2. The van der Waals surface area contributed by atoms with Gasteiger partial charge in [0.05, 0.1) is 12.7 Å². The second-order valence-corrected chi connectivity index (χ2v) is 9.10. The van der Waals surface area contributed by atoms with Crippen LogP contribution in [0, 0.1) is 0 Å². The van der Waals surface area contributed by atoms with Crippen molar-refractivity contribution < 1.29 is 9.53 Å². The SMILES string of the molecule is CC(C)(C)NCc1ccc(COc2cccc3c2CN(C2CNCCN2)C3=O)cc1. The molecule has 160 valence electrons. The van der Waals surface area contributed by atoms with E-state index in [0.717, 1.165) is 48.6 Å². The number of nitrogens with one attached hydrogen (secondary N) is 3. The Morgan fingerprint density at radius 3 is 2.57 bits per heavy atom. The molecule has 0 aromatic heterocycles. The zero-order chi connectivity index (χ0) is 21.1. The average molecular weight is 409 g/mol. The number of carbonyl (C=O) groups excluding carboxylic acids is 1. The Morgan fingerprint density at radius 1 is 1.10 bits per heavy atom. The summed E-state index contributed by atoms with van der Waals surface area (Å²) in [7, 11) is 0. The quantitative estimate of drug-likeness (QED) is 0.686. The molecule has 0 bridgehead atoms. The molecule has 2 aromatic rings. The molecule has 1 atom stereocenters. The maximum atomic E-state index is 12.9. The summed E-state index contributed by atoms with van der Waals surface area (Å²) < 4.78 is 6.14. The molecule has 1 unspecified atom stereocenters. The lowest BCUT2D eigenvalue weighted by Crippen LogP contribution is -2.57. The van der Waals surface area contributed by atoms with Gasteiger partial charge in [-0.25, -0.2) is 0 Å². The molecular weight excluding hydrogens is 376 g/mol. The molecule has 0 saturated carbocycles. The number of fused-ring (bicyclic) bond motifs is 1. The highest BCUT2D eigenvalue weighted by Crippen LogP contribution is 2.32. The molecule has 6 nitrogen and oxygen atoms in total. The Hall–Kier alpha value is -2.41. The van der Waals surface area contributed by atoms with Gasteiger partial charge in [-0.2, -0.15) is 0 Å². The van der Waals surface area contributed by atoms with Crippen LogP contribution >= 0.6 is 0 Å². The minimum atomic E-state index is 0.0285. The fourth-order valence-electron chi connectivity index (χ4n) is 3.85. The van der Waals surface area contributed by atoms with Gasteiger partial charge in [0.1, 0.15) is 12.4 Å². The van der Waals surface area contributed by atoms with Crippen LogP contribution in [0.3, 0.4) is 0 Å². The highest BCUT2D eigenvalue weighted by atomic mass is 16.5. The highest BCUT2D eigenvalue weighted by molar-refractivity contribution is 5.99.